The monoisotopic (exact) mass is 632 g/mol. The summed E-state index contributed by atoms with van der Waals surface area (Å²) in [5.41, 5.74) is 9.81. The molecule has 5 heterocycles. The number of ether oxygens (including phenoxy) is 2. The lowest BCUT2D eigenvalue weighted by Gasteiger charge is -2.34. The molecular formula is C42H40N4O2. The first-order chi connectivity index (χ1) is 23.3. The minimum atomic E-state index is -0.171. The molecule has 0 spiro atoms. The number of aliphatic imine (C=N–C) groups is 1. The summed E-state index contributed by atoms with van der Waals surface area (Å²) in [6, 6.07) is 25.9. The van der Waals surface area contributed by atoms with Crippen molar-refractivity contribution in [1.82, 2.24) is 14.5 Å². The Morgan fingerprint density at radius 1 is 0.812 bits per heavy atom. The fourth-order valence-electron chi connectivity index (χ4n) is 8.34. The van der Waals surface area contributed by atoms with Crippen molar-refractivity contribution in [2.45, 2.75) is 71.3 Å². The molecule has 0 unspecified atom stereocenters. The van der Waals surface area contributed by atoms with Crippen LogP contribution in [0.4, 0.5) is 0 Å². The third-order valence-electron chi connectivity index (χ3n) is 10.9. The van der Waals surface area contributed by atoms with Crippen LogP contribution in [-0.2, 0) is 10.2 Å². The quantitative estimate of drug-likeness (QED) is 0.190. The predicted octanol–water partition coefficient (Wildman–Crippen LogP) is 10.0. The zero-order chi connectivity index (χ0) is 32.6. The van der Waals surface area contributed by atoms with Crippen molar-refractivity contribution in [3.63, 3.8) is 0 Å². The van der Waals surface area contributed by atoms with E-state index in [0.717, 1.165) is 45.2 Å². The average Bonchev–Trinajstić information content (AvgIpc) is 3.72. The normalized spacial score (nSPS) is 18.5. The van der Waals surface area contributed by atoms with Crippen molar-refractivity contribution in [3.05, 3.63) is 113 Å². The van der Waals surface area contributed by atoms with Gasteiger partial charge in [-0.3, -0.25) is 9.55 Å². The van der Waals surface area contributed by atoms with Gasteiger partial charge in [-0.05, 0) is 92.3 Å². The van der Waals surface area contributed by atoms with E-state index < -0.39 is 0 Å². The molecule has 9 rings (SSSR count). The van der Waals surface area contributed by atoms with E-state index in [2.05, 4.69) is 85.8 Å². The topological polar surface area (TPSA) is 61.5 Å². The highest BCUT2D eigenvalue weighted by Gasteiger charge is 2.36. The van der Waals surface area contributed by atoms with Crippen LogP contribution in [0.5, 0.6) is 11.5 Å². The second kappa shape index (κ2) is 11.0. The molecule has 6 aromatic rings. The molecule has 0 saturated heterocycles. The van der Waals surface area contributed by atoms with Gasteiger partial charge in [-0.25, -0.2) is 9.98 Å². The molecule has 3 aliphatic rings. The van der Waals surface area contributed by atoms with Crippen molar-refractivity contribution in [1.29, 1.82) is 0 Å². The maximum absolute atomic E-state index is 6.85. The van der Waals surface area contributed by atoms with Gasteiger partial charge >= 0.3 is 0 Å². The highest BCUT2D eigenvalue weighted by Crippen LogP contribution is 2.48. The lowest BCUT2D eigenvalue weighted by Crippen LogP contribution is -2.27. The van der Waals surface area contributed by atoms with Crippen molar-refractivity contribution < 1.29 is 9.47 Å². The Kier molecular flexibility index (Phi) is 6.72. The Bertz CT molecular complexity index is 2260. The number of fused-ring (bicyclic) bond motifs is 5. The number of nitrogens with zero attached hydrogens (tertiary/aromatic N) is 4. The number of hydrogen-bond donors (Lipinski definition) is 0. The Labute approximate surface area is 281 Å². The van der Waals surface area contributed by atoms with Gasteiger partial charge in [0.25, 0.3) is 0 Å². The van der Waals surface area contributed by atoms with Gasteiger partial charge < -0.3 is 9.47 Å². The van der Waals surface area contributed by atoms with Gasteiger partial charge in [-0.1, -0.05) is 56.9 Å². The van der Waals surface area contributed by atoms with E-state index in [9.17, 15) is 0 Å². The summed E-state index contributed by atoms with van der Waals surface area (Å²) >= 11 is 0. The van der Waals surface area contributed by atoms with Crippen LogP contribution in [0.1, 0.15) is 73.8 Å². The van der Waals surface area contributed by atoms with E-state index in [1.807, 2.05) is 36.7 Å². The molecule has 1 saturated carbocycles. The largest absolute Gasteiger partial charge is 0.475 e. The van der Waals surface area contributed by atoms with E-state index in [1.54, 1.807) is 0 Å². The average molecular weight is 633 g/mol. The second-order valence-electron chi connectivity index (χ2n) is 14.5. The molecule has 2 aliphatic heterocycles. The molecule has 48 heavy (non-hydrogen) atoms. The summed E-state index contributed by atoms with van der Waals surface area (Å²) in [5.74, 6) is 3.83. The first-order valence-corrected chi connectivity index (χ1v) is 17.4. The summed E-state index contributed by atoms with van der Waals surface area (Å²) in [7, 11) is 0. The van der Waals surface area contributed by atoms with Gasteiger partial charge in [0.05, 0.1) is 22.8 Å². The summed E-state index contributed by atoms with van der Waals surface area (Å²) in [5, 5.41) is 2.46. The molecule has 0 N–H and O–H groups in total. The molecule has 6 heteroatoms. The SMILES string of the molecule is Cc1cc2c3c(c1)c1cc(C)c(Oc4cc(C5=N[C@H](C6CCCCC6)CO5)cc(-c5ccccn5)c4)cc1n3-c1ncccc1C2(C)C. The number of benzene rings is 3. The van der Waals surface area contributed by atoms with Gasteiger partial charge in [0.15, 0.2) is 0 Å². The minimum absolute atomic E-state index is 0.171. The number of aryl methyl sites for hydroxylation is 2. The van der Waals surface area contributed by atoms with Gasteiger partial charge in [0, 0.05) is 51.3 Å². The zero-order valence-electron chi connectivity index (χ0n) is 28.1. The van der Waals surface area contributed by atoms with Crippen molar-refractivity contribution in [2.24, 2.45) is 10.9 Å². The molecule has 240 valence electrons. The van der Waals surface area contributed by atoms with Crippen molar-refractivity contribution in [2.75, 3.05) is 6.61 Å². The van der Waals surface area contributed by atoms with Crippen LogP contribution in [0, 0.1) is 19.8 Å². The van der Waals surface area contributed by atoms with Crippen LogP contribution in [0.15, 0.2) is 90.2 Å². The minimum Gasteiger partial charge on any atom is -0.475 e. The Hall–Kier alpha value is -4.97. The number of hydrogen-bond acceptors (Lipinski definition) is 5. The smallest absolute Gasteiger partial charge is 0.216 e. The Balaban J connectivity index is 1.18. The molecule has 0 radical (unpaired) electrons. The zero-order valence-corrected chi connectivity index (χ0v) is 28.1. The van der Waals surface area contributed by atoms with Crippen LogP contribution in [0.25, 0.3) is 38.9 Å². The summed E-state index contributed by atoms with van der Waals surface area (Å²) in [4.78, 5) is 14.7. The van der Waals surface area contributed by atoms with Crippen LogP contribution >= 0.6 is 0 Å². The molecular weight excluding hydrogens is 592 g/mol. The molecule has 1 fully saturated rings. The van der Waals surface area contributed by atoms with Crippen LogP contribution in [-0.4, -0.2) is 33.1 Å². The van der Waals surface area contributed by atoms with E-state index >= 15 is 0 Å². The number of rotatable bonds is 5. The van der Waals surface area contributed by atoms with E-state index in [4.69, 9.17) is 19.5 Å². The number of pyridine rings is 2. The predicted molar refractivity (Wildman–Crippen MR) is 193 cm³/mol. The lowest BCUT2D eigenvalue weighted by molar-refractivity contribution is 0.240. The van der Waals surface area contributed by atoms with Crippen molar-refractivity contribution >= 4 is 27.7 Å². The van der Waals surface area contributed by atoms with Crippen LogP contribution in [0.2, 0.25) is 0 Å². The molecule has 3 aromatic carbocycles. The van der Waals surface area contributed by atoms with Gasteiger partial charge in [-0.2, -0.15) is 0 Å². The number of aromatic nitrogens is 3. The van der Waals surface area contributed by atoms with Crippen LogP contribution < -0.4 is 4.74 Å². The third kappa shape index (κ3) is 4.64. The second-order valence-corrected chi connectivity index (χ2v) is 14.5. The summed E-state index contributed by atoms with van der Waals surface area (Å²) < 4.78 is 15.5. The fourth-order valence-corrected chi connectivity index (χ4v) is 8.34. The maximum Gasteiger partial charge on any atom is 0.216 e. The summed E-state index contributed by atoms with van der Waals surface area (Å²) in [6.45, 7) is 9.60. The first-order valence-electron chi connectivity index (χ1n) is 17.4. The molecule has 1 atom stereocenters. The van der Waals surface area contributed by atoms with E-state index in [-0.39, 0.29) is 11.5 Å². The van der Waals surface area contributed by atoms with Gasteiger partial charge in [-0.15, -0.1) is 0 Å². The molecule has 6 nitrogen and oxygen atoms in total. The Morgan fingerprint density at radius 3 is 2.48 bits per heavy atom. The first kappa shape index (κ1) is 29.2. The van der Waals surface area contributed by atoms with E-state index in [0.29, 0.717) is 18.4 Å². The summed E-state index contributed by atoms with van der Waals surface area (Å²) in [6.07, 6.45) is 10.1. The molecule has 0 bridgehead atoms. The molecule has 1 aliphatic carbocycles. The van der Waals surface area contributed by atoms with Crippen molar-refractivity contribution in [3.8, 4) is 28.6 Å². The van der Waals surface area contributed by atoms with Gasteiger partial charge in [0.1, 0.15) is 23.9 Å². The Morgan fingerprint density at radius 2 is 1.65 bits per heavy atom. The molecule has 0 amide bonds. The van der Waals surface area contributed by atoms with E-state index in [1.165, 1.54) is 65.1 Å². The standard InChI is InChI=1S/C42H40N4O2/c1-25-17-32-31-19-26(2)38(23-37(31)46-39(32)34(18-25)42(3,4)33-13-10-16-44-40(33)46)48-30-21-28(35-14-8-9-15-43-35)20-29(22-30)41-45-36(24-47-41)27-11-6-5-7-12-27/h8-10,13-23,27,36H,5-7,11-12,24H2,1-4H3/t36-/m0/s1. The van der Waals surface area contributed by atoms with Gasteiger partial charge in [0.2, 0.25) is 5.90 Å². The third-order valence-corrected chi connectivity index (χ3v) is 10.9. The molecule has 3 aromatic heterocycles. The fraction of sp³-hybridized carbons (Fsp3) is 0.310. The highest BCUT2D eigenvalue weighted by atomic mass is 16.5. The van der Waals surface area contributed by atoms with Crippen LogP contribution in [0.3, 0.4) is 0 Å². The maximum atomic E-state index is 6.85. The highest BCUT2D eigenvalue weighted by molar-refractivity contribution is 6.12. The lowest BCUT2D eigenvalue weighted by atomic mass is 9.75.